The molecule has 3 N–H and O–H groups in total. The SMILES string of the molecule is CCN(CC)C(=O)c1cccc(NC(=O)COc2ccc(Cl)cc2C(N)=O)c1. The molecule has 8 heteroatoms. The van der Waals surface area contributed by atoms with Crippen LogP contribution in [0.4, 0.5) is 5.69 Å². The molecule has 0 aliphatic carbocycles. The minimum absolute atomic E-state index is 0.0899. The van der Waals surface area contributed by atoms with Crippen LogP contribution in [-0.4, -0.2) is 42.3 Å². The van der Waals surface area contributed by atoms with Crippen molar-refractivity contribution >= 4 is 35.0 Å². The molecule has 0 radical (unpaired) electrons. The number of nitrogens with two attached hydrogens (primary N) is 1. The van der Waals surface area contributed by atoms with Gasteiger partial charge in [0, 0.05) is 29.4 Å². The molecule has 0 bridgehead atoms. The summed E-state index contributed by atoms with van der Waals surface area (Å²) in [6.07, 6.45) is 0. The fourth-order valence-electron chi connectivity index (χ4n) is 2.58. The lowest BCUT2D eigenvalue weighted by atomic mass is 10.1. The van der Waals surface area contributed by atoms with E-state index in [1.807, 2.05) is 13.8 Å². The van der Waals surface area contributed by atoms with E-state index in [0.29, 0.717) is 29.4 Å². The number of carbonyl (C=O) groups is 3. The Kier molecular flexibility index (Phi) is 7.40. The van der Waals surface area contributed by atoms with Crippen molar-refractivity contribution in [2.45, 2.75) is 13.8 Å². The first-order valence-electron chi connectivity index (χ1n) is 8.77. The highest BCUT2D eigenvalue weighted by Gasteiger charge is 2.14. The largest absolute Gasteiger partial charge is 0.483 e. The summed E-state index contributed by atoms with van der Waals surface area (Å²) in [5.41, 5.74) is 6.33. The first kappa shape index (κ1) is 21.2. The number of nitrogens with one attached hydrogen (secondary N) is 1. The van der Waals surface area contributed by atoms with E-state index in [-0.39, 0.29) is 23.8 Å². The number of anilines is 1. The van der Waals surface area contributed by atoms with Crippen molar-refractivity contribution in [3.8, 4) is 5.75 Å². The average molecular weight is 404 g/mol. The molecule has 0 saturated carbocycles. The van der Waals surface area contributed by atoms with Gasteiger partial charge in [-0.3, -0.25) is 14.4 Å². The Morgan fingerprint density at radius 3 is 2.46 bits per heavy atom. The van der Waals surface area contributed by atoms with Gasteiger partial charge in [0.05, 0.1) is 5.56 Å². The van der Waals surface area contributed by atoms with Crippen LogP contribution in [0.25, 0.3) is 0 Å². The molecule has 7 nitrogen and oxygen atoms in total. The van der Waals surface area contributed by atoms with Gasteiger partial charge in [-0.25, -0.2) is 0 Å². The topological polar surface area (TPSA) is 102 Å². The lowest BCUT2D eigenvalue weighted by molar-refractivity contribution is -0.118. The van der Waals surface area contributed by atoms with Crippen molar-refractivity contribution in [1.82, 2.24) is 4.90 Å². The van der Waals surface area contributed by atoms with Crippen molar-refractivity contribution in [2.24, 2.45) is 5.73 Å². The molecule has 0 aliphatic heterocycles. The summed E-state index contributed by atoms with van der Waals surface area (Å²) >= 11 is 5.84. The van der Waals surface area contributed by atoms with Gasteiger partial charge in [-0.05, 0) is 50.2 Å². The van der Waals surface area contributed by atoms with Gasteiger partial charge < -0.3 is 20.7 Å². The van der Waals surface area contributed by atoms with Crippen molar-refractivity contribution < 1.29 is 19.1 Å². The summed E-state index contributed by atoms with van der Waals surface area (Å²) in [6, 6.07) is 11.0. The molecule has 0 aliphatic rings. The van der Waals surface area contributed by atoms with Gasteiger partial charge in [-0.1, -0.05) is 17.7 Å². The summed E-state index contributed by atoms with van der Waals surface area (Å²) in [4.78, 5) is 37.8. The third-order valence-corrected chi connectivity index (χ3v) is 4.24. The molecule has 148 valence electrons. The minimum Gasteiger partial charge on any atom is -0.483 e. The van der Waals surface area contributed by atoms with Gasteiger partial charge in [0.2, 0.25) is 0 Å². The predicted octanol–water partition coefficient (Wildman–Crippen LogP) is 2.94. The van der Waals surface area contributed by atoms with Crippen LogP contribution in [0.2, 0.25) is 5.02 Å². The van der Waals surface area contributed by atoms with Gasteiger partial charge in [-0.2, -0.15) is 0 Å². The fourth-order valence-corrected chi connectivity index (χ4v) is 2.76. The molecule has 2 rings (SSSR count). The number of halogens is 1. The number of ether oxygens (including phenoxy) is 1. The van der Waals surface area contributed by atoms with E-state index < -0.39 is 11.8 Å². The zero-order valence-corrected chi connectivity index (χ0v) is 16.5. The molecule has 0 spiro atoms. The molecule has 0 unspecified atom stereocenters. The zero-order chi connectivity index (χ0) is 20.7. The molecule has 0 fully saturated rings. The molecule has 0 atom stereocenters. The molecule has 3 amide bonds. The smallest absolute Gasteiger partial charge is 0.262 e. The maximum atomic E-state index is 12.4. The first-order chi connectivity index (χ1) is 13.3. The molecule has 28 heavy (non-hydrogen) atoms. The van der Waals surface area contributed by atoms with Crippen LogP contribution in [0.3, 0.4) is 0 Å². The first-order valence-corrected chi connectivity index (χ1v) is 9.14. The van der Waals surface area contributed by atoms with Crippen LogP contribution in [0.15, 0.2) is 42.5 Å². The normalized spacial score (nSPS) is 10.2. The van der Waals surface area contributed by atoms with E-state index in [1.165, 1.54) is 18.2 Å². The second kappa shape index (κ2) is 9.75. The Labute approximate surface area is 168 Å². The zero-order valence-electron chi connectivity index (χ0n) is 15.7. The van der Waals surface area contributed by atoms with Crippen molar-refractivity contribution in [1.29, 1.82) is 0 Å². The van der Waals surface area contributed by atoms with Crippen molar-refractivity contribution in [2.75, 3.05) is 25.0 Å². The van der Waals surface area contributed by atoms with E-state index in [2.05, 4.69) is 5.32 Å². The molecule has 2 aromatic carbocycles. The second-order valence-corrected chi connectivity index (χ2v) is 6.34. The van der Waals surface area contributed by atoms with Crippen molar-refractivity contribution in [3.05, 3.63) is 58.6 Å². The highest BCUT2D eigenvalue weighted by molar-refractivity contribution is 6.31. The van der Waals surface area contributed by atoms with Crippen LogP contribution in [0.1, 0.15) is 34.6 Å². The van der Waals surface area contributed by atoms with Gasteiger partial charge in [0.25, 0.3) is 17.7 Å². The number of rotatable bonds is 8. The van der Waals surface area contributed by atoms with Gasteiger partial charge in [-0.15, -0.1) is 0 Å². The number of hydrogen-bond acceptors (Lipinski definition) is 4. The highest BCUT2D eigenvalue weighted by Crippen LogP contribution is 2.22. The summed E-state index contributed by atoms with van der Waals surface area (Å²) in [6.45, 7) is 4.67. The quantitative estimate of drug-likeness (QED) is 0.707. The maximum Gasteiger partial charge on any atom is 0.262 e. The van der Waals surface area contributed by atoms with Crippen LogP contribution < -0.4 is 15.8 Å². The van der Waals surface area contributed by atoms with Crippen LogP contribution in [0.5, 0.6) is 5.75 Å². The Bertz CT molecular complexity index is 882. The number of amides is 3. The Morgan fingerprint density at radius 1 is 1.11 bits per heavy atom. The lowest BCUT2D eigenvalue weighted by Crippen LogP contribution is -2.30. The van der Waals surface area contributed by atoms with Gasteiger partial charge >= 0.3 is 0 Å². The number of hydrogen-bond donors (Lipinski definition) is 2. The monoisotopic (exact) mass is 403 g/mol. The molecule has 0 heterocycles. The summed E-state index contributed by atoms with van der Waals surface area (Å²) in [7, 11) is 0. The summed E-state index contributed by atoms with van der Waals surface area (Å²) in [5.74, 6) is -1.10. The maximum absolute atomic E-state index is 12.4. The van der Waals surface area contributed by atoms with Crippen LogP contribution >= 0.6 is 11.6 Å². The summed E-state index contributed by atoms with van der Waals surface area (Å²) in [5, 5.41) is 3.00. The number of primary amides is 1. The standard InChI is InChI=1S/C20H22ClN3O4/c1-3-24(4-2)20(27)13-6-5-7-15(10-13)23-18(25)12-28-17-9-8-14(21)11-16(17)19(22)26/h5-11H,3-4,12H2,1-2H3,(H2,22,26)(H,23,25). The van der Waals surface area contributed by atoms with Crippen LogP contribution in [-0.2, 0) is 4.79 Å². The third kappa shape index (κ3) is 5.47. The van der Waals surface area contributed by atoms with Gasteiger partial charge in [0.15, 0.2) is 6.61 Å². The lowest BCUT2D eigenvalue weighted by Gasteiger charge is -2.19. The van der Waals surface area contributed by atoms with Gasteiger partial charge in [0.1, 0.15) is 5.75 Å². The highest BCUT2D eigenvalue weighted by atomic mass is 35.5. The molecule has 2 aromatic rings. The molecular weight excluding hydrogens is 382 g/mol. The molecule has 0 saturated heterocycles. The van der Waals surface area contributed by atoms with E-state index in [0.717, 1.165) is 0 Å². The van der Waals surface area contributed by atoms with Crippen LogP contribution in [0, 0.1) is 0 Å². The number of nitrogens with zero attached hydrogens (tertiary/aromatic N) is 1. The van der Waals surface area contributed by atoms with E-state index in [1.54, 1.807) is 29.2 Å². The van der Waals surface area contributed by atoms with E-state index in [4.69, 9.17) is 22.1 Å². The minimum atomic E-state index is -0.708. The third-order valence-electron chi connectivity index (χ3n) is 4.01. The molecular formula is C20H22ClN3O4. The summed E-state index contributed by atoms with van der Waals surface area (Å²) < 4.78 is 5.39. The molecule has 0 aromatic heterocycles. The average Bonchev–Trinajstić information content (AvgIpc) is 2.68. The number of carbonyl (C=O) groups excluding carboxylic acids is 3. The Hall–Kier alpha value is -3.06. The van der Waals surface area contributed by atoms with E-state index >= 15 is 0 Å². The fraction of sp³-hybridized carbons (Fsp3) is 0.250. The number of benzene rings is 2. The second-order valence-electron chi connectivity index (χ2n) is 5.90. The predicted molar refractivity (Wildman–Crippen MR) is 108 cm³/mol. The van der Waals surface area contributed by atoms with Crippen molar-refractivity contribution in [3.63, 3.8) is 0 Å². The Morgan fingerprint density at radius 2 is 1.82 bits per heavy atom. The van der Waals surface area contributed by atoms with E-state index in [9.17, 15) is 14.4 Å². The Balaban J connectivity index is 2.04.